The van der Waals surface area contributed by atoms with Crippen molar-refractivity contribution in [3.8, 4) is 6.07 Å². The maximum absolute atomic E-state index is 13.9. The van der Waals surface area contributed by atoms with Crippen molar-refractivity contribution in [2.75, 3.05) is 37.6 Å². The largest absolute Gasteiger partial charge is 0.367 e. The normalized spacial score (nSPS) is 20.3. The highest BCUT2D eigenvalue weighted by Gasteiger charge is 2.26. The Balaban J connectivity index is 1.62. The van der Waals surface area contributed by atoms with Crippen LogP contribution in [0.25, 0.3) is 0 Å². The third-order valence-corrected chi connectivity index (χ3v) is 4.00. The third-order valence-electron chi connectivity index (χ3n) is 4.00. The lowest BCUT2D eigenvalue weighted by atomic mass is 10.2. The first-order valence-corrected chi connectivity index (χ1v) is 6.93. The molecule has 0 aromatic heterocycles. The molecule has 0 radical (unpaired) electrons. The van der Waals surface area contributed by atoms with Crippen molar-refractivity contribution in [2.45, 2.75) is 12.8 Å². The summed E-state index contributed by atoms with van der Waals surface area (Å²) in [5.74, 6) is 0.632. The van der Waals surface area contributed by atoms with Gasteiger partial charge in [-0.05, 0) is 37.0 Å². The summed E-state index contributed by atoms with van der Waals surface area (Å²) < 4.78 is 13.9. The molecule has 1 saturated heterocycles. The topological polar surface area (TPSA) is 30.3 Å². The summed E-state index contributed by atoms with van der Waals surface area (Å²) in [6.07, 6.45) is 2.76. The molecule has 3 rings (SSSR count). The summed E-state index contributed by atoms with van der Waals surface area (Å²) in [4.78, 5) is 4.57. The maximum Gasteiger partial charge on any atom is 0.147 e. The fourth-order valence-corrected chi connectivity index (χ4v) is 2.67. The molecule has 0 amide bonds. The Bertz CT molecular complexity index is 497. The van der Waals surface area contributed by atoms with Crippen LogP contribution in [0.15, 0.2) is 18.2 Å². The molecule has 4 heteroatoms. The van der Waals surface area contributed by atoms with E-state index in [1.807, 2.05) is 6.07 Å². The van der Waals surface area contributed by atoms with Crippen molar-refractivity contribution in [1.29, 1.82) is 5.26 Å². The quantitative estimate of drug-likeness (QED) is 0.834. The molecule has 19 heavy (non-hydrogen) atoms. The second-order valence-electron chi connectivity index (χ2n) is 5.51. The molecule has 0 N–H and O–H groups in total. The SMILES string of the molecule is N#Cc1ccc(N2CCN(CC3CC3)CC2)c(F)c1. The van der Waals surface area contributed by atoms with E-state index < -0.39 is 0 Å². The number of halogens is 1. The smallest absolute Gasteiger partial charge is 0.147 e. The predicted molar refractivity (Wildman–Crippen MR) is 72.5 cm³/mol. The van der Waals surface area contributed by atoms with Crippen molar-refractivity contribution >= 4 is 5.69 Å². The molecule has 0 atom stereocenters. The van der Waals surface area contributed by atoms with Crippen LogP contribution in [0.4, 0.5) is 10.1 Å². The van der Waals surface area contributed by atoms with Gasteiger partial charge in [0.25, 0.3) is 0 Å². The minimum atomic E-state index is -0.283. The van der Waals surface area contributed by atoms with Gasteiger partial charge in [0.2, 0.25) is 0 Å². The van der Waals surface area contributed by atoms with Crippen LogP contribution in [-0.2, 0) is 0 Å². The van der Waals surface area contributed by atoms with E-state index in [9.17, 15) is 4.39 Å². The number of anilines is 1. The van der Waals surface area contributed by atoms with Crippen molar-refractivity contribution in [3.63, 3.8) is 0 Å². The monoisotopic (exact) mass is 259 g/mol. The van der Waals surface area contributed by atoms with Gasteiger partial charge in [0, 0.05) is 32.7 Å². The van der Waals surface area contributed by atoms with Gasteiger partial charge in [-0.25, -0.2) is 4.39 Å². The fraction of sp³-hybridized carbons (Fsp3) is 0.533. The van der Waals surface area contributed by atoms with Gasteiger partial charge in [0.1, 0.15) is 5.82 Å². The lowest BCUT2D eigenvalue weighted by Crippen LogP contribution is -2.47. The van der Waals surface area contributed by atoms with Gasteiger partial charge < -0.3 is 4.90 Å². The molecule has 0 unspecified atom stereocenters. The Morgan fingerprint density at radius 3 is 2.53 bits per heavy atom. The van der Waals surface area contributed by atoms with E-state index in [0.29, 0.717) is 11.3 Å². The number of nitriles is 1. The molecule has 1 aromatic rings. The van der Waals surface area contributed by atoms with Gasteiger partial charge in [0.15, 0.2) is 0 Å². The lowest BCUT2D eigenvalue weighted by Gasteiger charge is -2.36. The van der Waals surface area contributed by atoms with E-state index in [1.165, 1.54) is 25.5 Å². The Kier molecular flexibility index (Phi) is 3.39. The number of piperazine rings is 1. The summed E-state index contributed by atoms with van der Waals surface area (Å²) >= 11 is 0. The highest BCUT2D eigenvalue weighted by atomic mass is 19.1. The van der Waals surface area contributed by atoms with E-state index >= 15 is 0 Å². The van der Waals surface area contributed by atoms with Crippen molar-refractivity contribution in [3.05, 3.63) is 29.6 Å². The summed E-state index contributed by atoms with van der Waals surface area (Å²) in [5.41, 5.74) is 1.01. The second kappa shape index (κ2) is 5.18. The number of hydrogen-bond donors (Lipinski definition) is 0. The van der Waals surface area contributed by atoms with Crippen LogP contribution in [0.2, 0.25) is 0 Å². The molecule has 1 aliphatic heterocycles. The zero-order valence-electron chi connectivity index (χ0n) is 11.0. The summed E-state index contributed by atoms with van der Waals surface area (Å²) in [5, 5.41) is 8.75. The predicted octanol–water partition coefficient (Wildman–Crippen LogP) is 2.23. The van der Waals surface area contributed by atoms with Crippen molar-refractivity contribution in [2.24, 2.45) is 5.92 Å². The number of hydrogen-bond acceptors (Lipinski definition) is 3. The van der Waals surface area contributed by atoms with Crippen molar-refractivity contribution in [1.82, 2.24) is 4.90 Å². The molecule has 1 aliphatic carbocycles. The first-order valence-electron chi connectivity index (χ1n) is 6.93. The van der Waals surface area contributed by atoms with Crippen LogP contribution in [0, 0.1) is 23.1 Å². The van der Waals surface area contributed by atoms with E-state index in [1.54, 1.807) is 12.1 Å². The van der Waals surface area contributed by atoms with Gasteiger partial charge in [-0.2, -0.15) is 5.26 Å². The number of rotatable bonds is 3. The van der Waals surface area contributed by atoms with Gasteiger partial charge >= 0.3 is 0 Å². The molecule has 0 spiro atoms. The van der Waals surface area contributed by atoms with Gasteiger partial charge in [-0.15, -0.1) is 0 Å². The summed E-state index contributed by atoms with van der Waals surface area (Å²) in [7, 11) is 0. The van der Waals surface area contributed by atoms with Gasteiger partial charge in [-0.3, -0.25) is 4.90 Å². The molecule has 3 nitrogen and oxygen atoms in total. The number of nitrogens with zero attached hydrogens (tertiary/aromatic N) is 3. The Labute approximate surface area is 113 Å². The third kappa shape index (κ3) is 2.87. The Hall–Kier alpha value is -1.60. The molecule has 2 aliphatic rings. The average molecular weight is 259 g/mol. The Morgan fingerprint density at radius 2 is 1.95 bits per heavy atom. The average Bonchev–Trinajstić information content (AvgIpc) is 3.24. The van der Waals surface area contributed by atoms with E-state index in [-0.39, 0.29) is 5.82 Å². The van der Waals surface area contributed by atoms with E-state index in [4.69, 9.17) is 5.26 Å². The molecule has 1 saturated carbocycles. The summed E-state index contributed by atoms with van der Waals surface area (Å²) in [6.45, 7) is 4.97. The van der Waals surface area contributed by atoms with Gasteiger partial charge in [-0.1, -0.05) is 0 Å². The van der Waals surface area contributed by atoms with Crippen LogP contribution in [0.1, 0.15) is 18.4 Å². The van der Waals surface area contributed by atoms with E-state index in [2.05, 4.69) is 9.80 Å². The maximum atomic E-state index is 13.9. The van der Waals surface area contributed by atoms with Gasteiger partial charge in [0.05, 0.1) is 17.3 Å². The zero-order valence-corrected chi connectivity index (χ0v) is 11.0. The first kappa shape index (κ1) is 12.4. The van der Waals surface area contributed by atoms with Crippen LogP contribution in [0.5, 0.6) is 0 Å². The number of benzene rings is 1. The zero-order chi connectivity index (χ0) is 13.2. The first-order chi connectivity index (χ1) is 9.26. The van der Waals surface area contributed by atoms with Crippen LogP contribution < -0.4 is 4.90 Å². The molecule has 1 heterocycles. The molecule has 100 valence electrons. The fourth-order valence-electron chi connectivity index (χ4n) is 2.67. The lowest BCUT2D eigenvalue weighted by molar-refractivity contribution is 0.247. The Morgan fingerprint density at radius 1 is 1.21 bits per heavy atom. The van der Waals surface area contributed by atoms with E-state index in [0.717, 1.165) is 32.1 Å². The van der Waals surface area contributed by atoms with Crippen LogP contribution >= 0.6 is 0 Å². The van der Waals surface area contributed by atoms with Crippen LogP contribution in [0.3, 0.4) is 0 Å². The van der Waals surface area contributed by atoms with Crippen molar-refractivity contribution < 1.29 is 4.39 Å². The van der Waals surface area contributed by atoms with Crippen LogP contribution in [-0.4, -0.2) is 37.6 Å². The second-order valence-corrected chi connectivity index (χ2v) is 5.51. The minimum Gasteiger partial charge on any atom is -0.367 e. The standard InChI is InChI=1S/C15H18FN3/c16-14-9-13(10-17)3-4-15(14)19-7-5-18(6-8-19)11-12-1-2-12/h3-4,9,12H,1-2,5-8,11H2. The molecular weight excluding hydrogens is 241 g/mol. The highest BCUT2D eigenvalue weighted by molar-refractivity contribution is 5.51. The molecule has 2 fully saturated rings. The minimum absolute atomic E-state index is 0.283. The molecule has 1 aromatic carbocycles. The molecule has 0 bridgehead atoms. The summed E-state index contributed by atoms with van der Waals surface area (Å²) in [6, 6.07) is 6.71. The highest BCUT2D eigenvalue weighted by Crippen LogP contribution is 2.30. The molecular formula is C15H18FN3.